The standard InChI is InChI=1S/C20H16BrClF3N3/c1-11(2)12-7-8-14(13(21)9-12)27-15-5-3-4-6-16(15)28-17(10-22)18(20(23,24)25)26-19(27)28/h3-9,11H,10H2,1-2H3. The van der Waals surface area contributed by atoms with Crippen LogP contribution in [0.1, 0.15) is 36.7 Å². The number of aromatic nitrogens is 3. The van der Waals surface area contributed by atoms with Gasteiger partial charge in [-0.2, -0.15) is 13.2 Å². The number of halogens is 5. The second-order valence-corrected chi connectivity index (χ2v) is 7.99. The molecular formula is C20H16BrClF3N3. The summed E-state index contributed by atoms with van der Waals surface area (Å²) in [5.74, 6) is 0.220. The highest BCUT2D eigenvalue weighted by molar-refractivity contribution is 9.10. The van der Waals surface area contributed by atoms with Crippen molar-refractivity contribution in [1.29, 1.82) is 0 Å². The molecule has 0 aliphatic heterocycles. The van der Waals surface area contributed by atoms with E-state index in [4.69, 9.17) is 11.6 Å². The molecule has 0 radical (unpaired) electrons. The topological polar surface area (TPSA) is 22.2 Å². The first-order valence-electron chi connectivity index (χ1n) is 8.67. The number of hydrogen-bond donors (Lipinski definition) is 0. The van der Waals surface area contributed by atoms with Crippen molar-refractivity contribution in [2.75, 3.05) is 0 Å². The fraction of sp³-hybridized carbons (Fsp3) is 0.250. The van der Waals surface area contributed by atoms with Crippen LogP contribution >= 0.6 is 27.5 Å². The molecule has 2 heterocycles. The number of para-hydroxylation sites is 2. The highest BCUT2D eigenvalue weighted by Crippen LogP contribution is 2.37. The molecule has 4 aromatic rings. The summed E-state index contributed by atoms with van der Waals surface area (Å²) >= 11 is 9.51. The lowest BCUT2D eigenvalue weighted by Crippen LogP contribution is -2.09. The van der Waals surface area contributed by atoms with Crippen LogP contribution in [0, 0.1) is 0 Å². The average Bonchev–Trinajstić information content (AvgIpc) is 3.16. The van der Waals surface area contributed by atoms with Gasteiger partial charge in [0.25, 0.3) is 0 Å². The SMILES string of the molecule is CC(C)c1ccc(-n2c3ccccc3n3c(CCl)c(C(F)(F)F)nc23)c(Br)c1. The molecule has 0 amide bonds. The van der Waals surface area contributed by atoms with Crippen LogP contribution in [-0.4, -0.2) is 14.0 Å². The van der Waals surface area contributed by atoms with Gasteiger partial charge in [-0.3, -0.25) is 8.97 Å². The smallest absolute Gasteiger partial charge is 0.279 e. The number of fused-ring (bicyclic) bond motifs is 3. The summed E-state index contributed by atoms with van der Waals surface area (Å²) in [7, 11) is 0. The zero-order valence-corrected chi connectivity index (χ0v) is 17.4. The monoisotopic (exact) mass is 469 g/mol. The fourth-order valence-corrected chi connectivity index (χ4v) is 4.27. The van der Waals surface area contributed by atoms with Crippen molar-refractivity contribution in [3.63, 3.8) is 0 Å². The van der Waals surface area contributed by atoms with Crippen molar-refractivity contribution in [1.82, 2.24) is 14.0 Å². The van der Waals surface area contributed by atoms with Gasteiger partial charge in [0.1, 0.15) is 0 Å². The van der Waals surface area contributed by atoms with Crippen molar-refractivity contribution >= 4 is 44.3 Å². The fourth-order valence-electron chi connectivity index (χ4n) is 3.45. The van der Waals surface area contributed by atoms with Crippen LogP contribution in [0.4, 0.5) is 13.2 Å². The van der Waals surface area contributed by atoms with Gasteiger partial charge in [0, 0.05) is 4.47 Å². The average molecular weight is 471 g/mol. The predicted molar refractivity (Wildman–Crippen MR) is 108 cm³/mol. The highest BCUT2D eigenvalue weighted by Gasteiger charge is 2.39. The molecule has 3 nitrogen and oxygen atoms in total. The Balaban J connectivity index is 2.12. The van der Waals surface area contributed by atoms with Gasteiger partial charge in [0.05, 0.1) is 28.3 Å². The number of hydrogen-bond acceptors (Lipinski definition) is 1. The second kappa shape index (κ2) is 6.81. The van der Waals surface area contributed by atoms with Crippen molar-refractivity contribution in [2.24, 2.45) is 0 Å². The van der Waals surface area contributed by atoms with E-state index in [0.717, 1.165) is 21.2 Å². The lowest BCUT2D eigenvalue weighted by molar-refractivity contribution is -0.141. The molecule has 146 valence electrons. The molecule has 2 aromatic heterocycles. The molecule has 0 spiro atoms. The molecule has 0 fully saturated rings. The van der Waals surface area contributed by atoms with Gasteiger partial charge in [-0.25, -0.2) is 4.98 Å². The molecule has 4 rings (SSSR count). The summed E-state index contributed by atoms with van der Waals surface area (Å²) in [6.45, 7) is 4.17. The van der Waals surface area contributed by atoms with Crippen molar-refractivity contribution in [3.05, 3.63) is 63.9 Å². The maximum absolute atomic E-state index is 13.6. The first kappa shape index (κ1) is 19.3. The Bertz CT molecular complexity index is 1190. The number of nitrogens with zero attached hydrogens (tertiary/aromatic N) is 3. The molecule has 0 saturated heterocycles. The third kappa shape index (κ3) is 2.92. The number of rotatable bonds is 3. The molecule has 0 aliphatic carbocycles. The van der Waals surface area contributed by atoms with Gasteiger partial charge in [0.2, 0.25) is 5.78 Å². The minimum Gasteiger partial charge on any atom is -0.279 e. The third-order valence-electron chi connectivity index (χ3n) is 4.79. The van der Waals surface area contributed by atoms with E-state index in [-0.39, 0.29) is 17.4 Å². The first-order chi connectivity index (χ1) is 13.2. The highest BCUT2D eigenvalue weighted by atomic mass is 79.9. The van der Waals surface area contributed by atoms with Crippen LogP contribution in [0.15, 0.2) is 46.9 Å². The Morgan fingerprint density at radius 3 is 2.36 bits per heavy atom. The summed E-state index contributed by atoms with van der Waals surface area (Å²) in [6.07, 6.45) is -4.58. The summed E-state index contributed by atoms with van der Waals surface area (Å²) in [4.78, 5) is 3.96. The Kier molecular flexibility index (Phi) is 4.70. The summed E-state index contributed by atoms with van der Waals surface area (Å²) < 4.78 is 44.7. The van der Waals surface area contributed by atoms with Gasteiger partial charge >= 0.3 is 6.18 Å². The van der Waals surface area contributed by atoms with E-state index in [9.17, 15) is 13.2 Å². The molecule has 2 aromatic carbocycles. The molecule has 0 bridgehead atoms. The Hall–Kier alpha value is -1.99. The van der Waals surface area contributed by atoms with E-state index in [2.05, 4.69) is 34.8 Å². The quantitative estimate of drug-likeness (QED) is 0.298. The zero-order valence-electron chi connectivity index (χ0n) is 15.1. The lowest BCUT2D eigenvalue weighted by Gasteiger charge is -2.12. The maximum Gasteiger partial charge on any atom is 0.435 e. The van der Waals surface area contributed by atoms with Gasteiger partial charge < -0.3 is 0 Å². The summed E-state index contributed by atoms with van der Waals surface area (Å²) in [5, 5.41) is 0. The van der Waals surface area contributed by atoms with Crippen molar-refractivity contribution < 1.29 is 13.2 Å². The molecule has 0 N–H and O–H groups in total. The molecule has 0 aliphatic rings. The third-order valence-corrected chi connectivity index (χ3v) is 5.68. The predicted octanol–water partition coefficient (Wildman–Crippen LogP) is 6.92. The van der Waals surface area contributed by atoms with E-state index in [0.29, 0.717) is 11.4 Å². The normalized spacial score (nSPS) is 12.6. The summed E-state index contributed by atoms with van der Waals surface area (Å²) in [6, 6.07) is 13.1. The van der Waals surface area contributed by atoms with Crippen LogP contribution < -0.4 is 0 Å². The molecule has 0 unspecified atom stereocenters. The molecular weight excluding hydrogens is 455 g/mol. The molecule has 0 saturated carbocycles. The van der Waals surface area contributed by atoms with Gasteiger partial charge in [-0.1, -0.05) is 32.0 Å². The van der Waals surface area contributed by atoms with E-state index in [1.54, 1.807) is 16.7 Å². The van der Waals surface area contributed by atoms with Gasteiger partial charge in [0.15, 0.2) is 5.69 Å². The number of benzene rings is 2. The van der Waals surface area contributed by atoms with Crippen molar-refractivity contribution in [2.45, 2.75) is 31.8 Å². The van der Waals surface area contributed by atoms with E-state index in [1.165, 1.54) is 4.40 Å². The van der Waals surface area contributed by atoms with E-state index >= 15 is 0 Å². The Morgan fingerprint density at radius 1 is 1.11 bits per heavy atom. The van der Waals surface area contributed by atoms with E-state index < -0.39 is 11.9 Å². The largest absolute Gasteiger partial charge is 0.435 e. The summed E-state index contributed by atoms with van der Waals surface area (Å²) in [5.41, 5.74) is 2.21. The van der Waals surface area contributed by atoms with Crippen LogP contribution in [0.25, 0.3) is 22.5 Å². The van der Waals surface area contributed by atoms with Crippen LogP contribution in [0.2, 0.25) is 0 Å². The van der Waals surface area contributed by atoms with Crippen LogP contribution in [0.5, 0.6) is 0 Å². The maximum atomic E-state index is 13.6. The molecule has 28 heavy (non-hydrogen) atoms. The van der Waals surface area contributed by atoms with Crippen molar-refractivity contribution in [3.8, 4) is 5.69 Å². The van der Waals surface area contributed by atoms with Gasteiger partial charge in [-0.15, -0.1) is 11.6 Å². The minimum absolute atomic E-state index is 0.0611. The minimum atomic E-state index is -4.58. The molecule has 0 atom stereocenters. The number of alkyl halides is 4. The first-order valence-corrected chi connectivity index (χ1v) is 10.0. The lowest BCUT2D eigenvalue weighted by atomic mass is 10.0. The van der Waals surface area contributed by atoms with Crippen LogP contribution in [0.3, 0.4) is 0 Å². The van der Waals surface area contributed by atoms with Crippen LogP contribution in [-0.2, 0) is 12.1 Å². The molecule has 8 heteroatoms. The van der Waals surface area contributed by atoms with Gasteiger partial charge in [-0.05, 0) is 51.7 Å². The Morgan fingerprint density at radius 2 is 1.79 bits per heavy atom. The zero-order chi connectivity index (χ0) is 20.2. The number of imidazole rings is 2. The Labute approximate surface area is 172 Å². The second-order valence-electron chi connectivity index (χ2n) is 6.86. The van der Waals surface area contributed by atoms with E-state index in [1.807, 2.05) is 30.3 Å².